The highest BCUT2D eigenvalue weighted by molar-refractivity contribution is 7.19. The third-order valence-corrected chi connectivity index (χ3v) is 6.62. The average molecular weight is 414 g/mol. The lowest BCUT2D eigenvalue weighted by Gasteiger charge is -2.29. The standard InChI is InChI=1S/C21H20ClN3O2S/c1-12-8-17-20(28-12)15(2-3-24-17)16-11-14(22)9-13-10-18(27-19(13)16)21(26)25-6-4-23-5-7-25/h2-3,8-9,11,18,23H,4-7,10H2,1H3. The van der Waals surface area contributed by atoms with Crippen LogP contribution in [0.25, 0.3) is 21.3 Å². The molecule has 0 bridgehead atoms. The second kappa shape index (κ2) is 7.03. The molecule has 7 heteroatoms. The van der Waals surface area contributed by atoms with Crippen LogP contribution >= 0.6 is 22.9 Å². The maximum atomic E-state index is 12.9. The molecular weight excluding hydrogens is 394 g/mol. The summed E-state index contributed by atoms with van der Waals surface area (Å²) >= 11 is 8.15. The van der Waals surface area contributed by atoms with Crippen LogP contribution in [-0.4, -0.2) is 48.1 Å². The number of nitrogens with zero attached hydrogens (tertiary/aromatic N) is 2. The van der Waals surface area contributed by atoms with Crippen molar-refractivity contribution < 1.29 is 9.53 Å². The molecule has 0 spiro atoms. The highest BCUT2D eigenvalue weighted by Gasteiger charge is 2.35. The van der Waals surface area contributed by atoms with Crippen molar-refractivity contribution in [3.63, 3.8) is 0 Å². The summed E-state index contributed by atoms with van der Waals surface area (Å²) in [6, 6.07) is 7.94. The second-order valence-electron chi connectivity index (χ2n) is 7.26. The Morgan fingerprint density at radius 3 is 2.93 bits per heavy atom. The lowest BCUT2D eigenvalue weighted by molar-refractivity contribution is -0.138. The number of rotatable bonds is 2. The van der Waals surface area contributed by atoms with E-state index in [1.54, 1.807) is 11.3 Å². The molecule has 1 aromatic carbocycles. The molecule has 5 nitrogen and oxygen atoms in total. The van der Waals surface area contributed by atoms with Crippen LogP contribution in [0.4, 0.5) is 0 Å². The minimum absolute atomic E-state index is 0.0617. The molecule has 1 fully saturated rings. The van der Waals surface area contributed by atoms with Crippen molar-refractivity contribution in [1.29, 1.82) is 0 Å². The normalized spacial score (nSPS) is 18.9. The van der Waals surface area contributed by atoms with E-state index in [1.807, 2.05) is 29.3 Å². The van der Waals surface area contributed by atoms with E-state index in [1.165, 1.54) is 4.88 Å². The highest BCUT2D eigenvalue weighted by atomic mass is 35.5. The van der Waals surface area contributed by atoms with Gasteiger partial charge in [0.15, 0.2) is 6.10 Å². The first-order valence-electron chi connectivity index (χ1n) is 9.44. The molecule has 28 heavy (non-hydrogen) atoms. The zero-order valence-corrected chi connectivity index (χ0v) is 17.1. The maximum absolute atomic E-state index is 12.9. The molecule has 0 radical (unpaired) electrons. The summed E-state index contributed by atoms with van der Waals surface area (Å²) in [6.45, 7) is 5.19. The molecule has 1 saturated heterocycles. The van der Waals surface area contributed by atoms with Gasteiger partial charge in [-0.1, -0.05) is 11.6 Å². The number of amides is 1. The number of ether oxygens (including phenoxy) is 1. The third kappa shape index (κ3) is 3.05. The van der Waals surface area contributed by atoms with Gasteiger partial charge in [-0.05, 0) is 31.2 Å². The summed E-state index contributed by atoms with van der Waals surface area (Å²) in [5, 5.41) is 3.94. The number of nitrogens with one attached hydrogen (secondary N) is 1. The first-order chi connectivity index (χ1) is 13.6. The molecule has 1 atom stereocenters. The van der Waals surface area contributed by atoms with Gasteiger partial charge in [0.1, 0.15) is 5.75 Å². The predicted molar refractivity (Wildman–Crippen MR) is 112 cm³/mol. The van der Waals surface area contributed by atoms with E-state index in [0.717, 1.165) is 58.8 Å². The Labute approximate surface area is 172 Å². The van der Waals surface area contributed by atoms with Crippen LogP contribution in [0.15, 0.2) is 30.5 Å². The SMILES string of the molecule is Cc1cc2nccc(-c3cc(Cl)cc4c3OC(C(=O)N3CCNCC3)C4)c2s1. The Hall–Kier alpha value is -2.15. The number of carbonyl (C=O) groups is 1. The minimum atomic E-state index is -0.479. The second-order valence-corrected chi connectivity index (χ2v) is 8.95. The number of aromatic nitrogens is 1. The van der Waals surface area contributed by atoms with Crippen molar-refractivity contribution in [1.82, 2.24) is 15.2 Å². The van der Waals surface area contributed by atoms with Crippen LogP contribution in [0.2, 0.25) is 5.02 Å². The quantitative estimate of drug-likeness (QED) is 0.696. The topological polar surface area (TPSA) is 54.5 Å². The smallest absolute Gasteiger partial charge is 0.264 e. The number of hydrogen-bond acceptors (Lipinski definition) is 5. The molecule has 144 valence electrons. The van der Waals surface area contributed by atoms with Crippen LogP contribution < -0.4 is 10.1 Å². The summed E-state index contributed by atoms with van der Waals surface area (Å²) < 4.78 is 7.35. The maximum Gasteiger partial charge on any atom is 0.264 e. The fraction of sp³-hybridized carbons (Fsp3) is 0.333. The first kappa shape index (κ1) is 17.9. The lowest BCUT2D eigenvalue weighted by Crippen LogP contribution is -2.50. The molecule has 3 aromatic rings. The van der Waals surface area contributed by atoms with Crippen molar-refractivity contribution >= 4 is 39.1 Å². The average Bonchev–Trinajstić information content (AvgIpc) is 3.29. The van der Waals surface area contributed by atoms with E-state index < -0.39 is 6.10 Å². The Morgan fingerprint density at radius 2 is 2.11 bits per heavy atom. The van der Waals surface area contributed by atoms with Gasteiger partial charge in [-0.2, -0.15) is 0 Å². The van der Waals surface area contributed by atoms with Gasteiger partial charge in [-0.15, -0.1) is 11.3 Å². The summed E-state index contributed by atoms with van der Waals surface area (Å²) in [4.78, 5) is 20.5. The van der Waals surface area contributed by atoms with E-state index in [0.29, 0.717) is 11.4 Å². The van der Waals surface area contributed by atoms with Crippen LogP contribution in [0.3, 0.4) is 0 Å². The fourth-order valence-electron chi connectivity index (χ4n) is 4.02. The number of aryl methyl sites for hydroxylation is 1. The van der Waals surface area contributed by atoms with Gasteiger partial charge < -0.3 is 15.0 Å². The fourth-order valence-corrected chi connectivity index (χ4v) is 5.26. The number of thiophene rings is 1. The number of halogens is 1. The van der Waals surface area contributed by atoms with Crippen molar-refractivity contribution in [3.8, 4) is 16.9 Å². The molecule has 0 saturated carbocycles. The van der Waals surface area contributed by atoms with Crippen LogP contribution in [0, 0.1) is 6.92 Å². The molecule has 5 rings (SSSR count). The van der Waals surface area contributed by atoms with Gasteiger partial charge >= 0.3 is 0 Å². The minimum Gasteiger partial charge on any atom is -0.479 e. The van der Waals surface area contributed by atoms with E-state index in [2.05, 4.69) is 23.3 Å². The molecule has 1 unspecified atom stereocenters. The lowest BCUT2D eigenvalue weighted by atomic mass is 10.0. The summed E-state index contributed by atoms with van der Waals surface area (Å²) in [7, 11) is 0. The number of piperazine rings is 1. The van der Waals surface area contributed by atoms with Gasteiger partial charge in [0.2, 0.25) is 0 Å². The highest BCUT2D eigenvalue weighted by Crippen LogP contribution is 2.44. The summed E-state index contributed by atoms with van der Waals surface area (Å²) in [5.74, 6) is 0.836. The largest absolute Gasteiger partial charge is 0.479 e. The zero-order chi connectivity index (χ0) is 19.3. The van der Waals surface area contributed by atoms with E-state index >= 15 is 0 Å². The number of pyridine rings is 1. The summed E-state index contributed by atoms with van der Waals surface area (Å²) in [5.41, 5.74) is 3.96. The van der Waals surface area contributed by atoms with Crippen LogP contribution in [0.5, 0.6) is 5.75 Å². The molecule has 0 aliphatic carbocycles. The van der Waals surface area contributed by atoms with E-state index in [9.17, 15) is 4.79 Å². The van der Waals surface area contributed by atoms with Crippen molar-refractivity contribution in [2.45, 2.75) is 19.4 Å². The Kier molecular flexibility index (Phi) is 4.50. The van der Waals surface area contributed by atoms with E-state index in [4.69, 9.17) is 16.3 Å². The first-order valence-corrected chi connectivity index (χ1v) is 10.6. The number of fused-ring (bicyclic) bond motifs is 2. The Balaban J connectivity index is 1.54. The summed E-state index contributed by atoms with van der Waals surface area (Å²) in [6.07, 6.45) is 1.89. The molecule has 4 heterocycles. The van der Waals surface area contributed by atoms with Crippen molar-refractivity contribution in [2.24, 2.45) is 0 Å². The molecule has 2 aromatic heterocycles. The van der Waals surface area contributed by atoms with E-state index in [-0.39, 0.29) is 5.91 Å². The number of carbonyl (C=O) groups excluding carboxylic acids is 1. The molecule has 1 amide bonds. The number of hydrogen-bond donors (Lipinski definition) is 1. The van der Waals surface area contributed by atoms with Crippen LogP contribution in [-0.2, 0) is 11.2 Å². The van der Waals surface area contributed by atoms with Gasteiger partial charge in [-0.25, -0.2) is 0 Å². The predicted octanol–water partition coefficient (Wildman–Crippen LogP) is 3.66. The third-order valence-electron chi connectivity index (χ3n) is 5.33. The van der Waals surface area contributed by atoms with Crippen molar-refractivity contribution in [2.75, 3.05) is 26.2 Å². The molecular formula is C21H20ClN3O2S. The molecule has 1 N–H and O–H groups in total. The number of benzene rings is 1. The van der Waals surface area contributed by atoms with Crippen molar-refractivity contribution in [3.05, 3.63) is 45.9 Å². The monoisotopic (exact) mass is 413 g/mol. The molecule has 2 aliphatic heterocycles. The van der Waals surface area contributed by atoms with Gasteiger partial charge in [0, 0.05) is 65.4 Å². The van der Waals surface area contributed by atoms with Gasteiger partial charge in [-0.3, -0.25) is 9.78 Å². The Morgan fingerprint density at radius 1 is 1.29 bits per heavy atom. The zero-order valence-electron chi connectivity index (χ0n) is 15.5. The Bertz CT molecular complexity index is 1070. The van der Waals surface area contributed by atoms with Crippen LogP contribution in [0.1, 0.15) is 10.4 Å². The van der Waals surface area contributed by atoms with Gasteiger partial charge in [0.25, 0.3) is 5.91 Å². The van der Waals surface area contributed by atoms with Gasteiger partial charge in [0.05, 0.1) is 10.2 Å². The molecule has 2 aliphatic rings.